The molecular formula is C15H22ClFN2O. The first-order chi connectivity index (χ1) is 9.47. The normalized spacial score (nSPS) is 22.2. The topological polar surface area (TPSA) is 38.5 Å². The predicted octanol–water partition coefficient (Wildman–Crippen LogP) is 2.46. The van der Waals surface area contributed by atoms with E-state index in [0.29, 0.717) is 29.7 Å². The SMILES string of the molecule is CC(C)N1CCOC(C(N)Cc2cc(Cl)ccc2F)C1. The molecule has 0 aliphatic carbocycles. The second-order valence-electron chi connectivity index (χ2n) is 5.60. The minimum Gasteiger partial charge on any atom is -0.374 e. The molecule has 20 heavy (non-hydrogen) atoms. The molecule has 1 aliphatic rings. The van der Waals surface area contributed by atoms with Crippen molar-refractivity contribution in [3.63, 3.8) is 0 Å². The molecule has 1 aromatic carbocycles. The zero-order valence-electron chi connectivity index (χ0n) is 12.0. The lowest BCUT2D eigenvalue weighted by molar-refractivity contribution is -0.0496. The molecule has 2 rings (SSSR count). The Morgan fingerprint density at radius 2 is 2.25 bits per heavy atom. The highest BCUT2D eigenvalue weighted by Crippen LogP contribution is 2.19. The van der Waals surface area contributed by atoms with Crippen LogP contribution in [0.25, 0.3) is 0 Å². The van der Waals surface area contributed by atoms with Gasteiger partial charge in [-0.1, -0.05) is 11.6 Å². The molecule has 1 heterocycles. The van der Waals surface area contributed by atoms with E-state index in [0.717, 1.165) is 13.1 Å². The first kappa shape index (κ1) is 15.7. The summed E-state index contributed by atoms with van der Waals surface area (Å²) in [6.45, 7) is 6.71. The molecule has 0 bridgehead atoms. The average Bonchev–Trinajstić information content (AvgIpc) is 2.43. The van der Waals surface area contributed by atoms with Crippen LogP contribution in [-0.4, -0.2) is 42.8 Å². The van der Waals surface area contributed by atoms with Crippen LogP contribution >= 0.6 is 11.6 Å². The molecule has 1 fully saturated rings. The fourth-order valence-corrected chi connectivity index (χ4v) is 2.70. The molecule has 0 spiro atoms. The lowest BCUT2D eigenvalue weighted by atomic mass is 10.00. The number of rotatable bonds is 4. The molecule has 1 saturated heterocycles. The molecule has 0 saturated carbocycles. The number of benzene rings is 1. The van der Waals surface area contributed by atoms with E-state index >= 15 is 0 Å². The van der Waals surface area contributed by atoms with Gasteiger partial charge in [-0.2, -0.15) is 0 Å². The van der Waals surface area contributed by atoms with Crippen LogP contribution in [-0.2, 0) is 11.2 Å². The van der Waals surface area contributed by atoms with Crippen molar-refractivity contribution in [1.29, 1.82) is 0 Å². The quantitative estimate of drug-likeness (QED) is 0.928. The van der Waals surface area contributed by atoms with Crippen LogP contribution in [0.5, 0.6) is 0 Å². The number of hydrogen-bond donors (Lipinski definition) is 1. The first-order valence-electron chi connectivity index (χ1n) is 7.02. The highest BCUT2D eigenvalue weighted by Gasteiger charge is 2.27. The second-order valence-corrected chi connectivity index (χ2v) is 6.04. The summed E-state index contributed by atoms with van der Waals surface area (Å²) in [7, 11) is 0. The molecule has 0 amide bonds. The van der Waals surface area contributed by atoms with Gasteiger partial charge in [0.2, 0.25) is 0 Å². The van der Waals surface area contributed by atoms with Crippen LogP contribution in [0.3, 0.4) is 0 Å². The summed E-state index contributed by atoms with van der Waals surface area (Å²) in [5.74, 6) is -0.263. The summed E-state index contributed by atoms with van der Waals surface area (Å²) >= 11 is 5.90. The van der Waals surface area contributed by atoms with Crippen molar-refractivity contribution in [3.05, 3.63) is 34.6 Å². The minimum absolute atomic E-state index is 0.0652. The van der Waals surface area contributed by atoms with Crippen molar-refractivity contribution < 1.29 is 9.13 Å². The molecular weight excluding hydrogens is 279 g/mol. The third-order valence-corrected chi connectivity index (χ3v) is 4.03. The van der Waals surface area contributed by atoms with Gasteiger partial charge >= 0.3 is 0 Å². The first-order valence-corrected chi connectivity index (χ1v) is 7.40. The molecule has 2 unspecified atom stereocenters. The summed E-state index contributed by atoms with van der Waals surface area (Å²) in [5.41, 5.74) is 6.75. The highest BCUT2D eigenvalue weighted by molar-refractivity contribution is 6.30. The highest BCUT2D eigenvalue weighted by atomic mass is 35.5. The molecule has 112 valence electrons. The van der Waals surface area contributed by atoms with Crippen LogP contribution in [0, 0.1) is 5.82 Å². The Morgan fingerprint density at radius 3 is 2.95 bits per heavy atom. The molecule has 2 atom stereocenters. The summed E-state index contributed by atoms with van der Waals surface area (Å²) in [5, 5.41) is 0.530. The average molecular weight is 301 g/mol. The van der Waals surface area contributed by atoms with Gasteiger partial charge in [-0.3, -0.25) is 4.90 Å². The van der Waals surface area contributed by atoms with E-state index in [4.69, 9.17) is 22.1 Å². The fraction of sp³-hybridized carbons (Fsp3) is 0.600. The Bertz CT molecular complexity index is 455. The lowest BCUT2D eigenvalue weighted by Crippen LogP contribution is -2.53. The van der Waals surface area contributed by atoms with Crippen LogP contribution in [0.1, 0.15) is 19.4 Å². The molecule has 1 aliphatic heterocycles. The van der Waals surface area contributed by atoms with E-state index in [9.17, 15) is 4.39 Å². The Kier molecular flexibility index (Phi) is 5.38. The minimum atomic E-state index is -0.263. The van der Waals surface area contributed by atoms with Crippen LogP contribution in [0.2, 0.25) is 5.02 Å². The van der Waals surface area contributed by atoms with E-state index in [1.807, 2.05) is 0 Å². The van der Waals surface area contributed by atoms with Gasteiger partial charge < -0.3 is 10.5 Å². The van der Waals surface area contributed by atoms with E-state index < -0.39 is 0 Å². The standard InChI is InChI=1S/C15H22ClFN2O/c1-10(2)19-5-6-20-15(9-19)14(18)8-11-7-12(16)3-4-13(11)17/h3-4,7,10,14-15H,5-6,8-9,18H2,1-2H3. The second kappa shape index (κ2) is 6.85. The largest absolute Gasteiger partial charge is 0.374 e. The van der Waals surface area contributed by atoms with Gasteiger partial charge in [0.1, 0.15) is 5.82 Å². The monoisotopic (exact) mass is 300 g/mol. The molecule has 2 N–H and O–H groups in total. The summed E-state index contributed by atoms with van der Waals surface area (Å²) < 4.78 is 19.5. The van der Waals surface area contributed by atoms with Crippen molar-refractivity contribution in [1.82, 2.24) is 4.90 Å². The number of nitrogens with two attached hydrogens (primary N) is 1. The molecule has 5 heteroatoms. The van der Waals surface area contributed by atoms with E-state index in [2.05, 4.69) is 18.7 Å². The summed E-state index contributed by atoms with van der Waals surface area (Å²) in [6, 6.07) is 4.80. The zero-order chi connectivity index (χ0) is 14.7. The predicted molar refractivity (Wildman–Crippen MR) is 79.5 cm³/mol. The Labute approximate surface area is 124 Å². The van der Waals surface area contributed by atoms with Crippen molar-refractivity contribution in [3.8, 4) is 0 Å². The van der Waals surface area contributed by atoms with Crippen molar-refractivity contribution in [2.45, 2.75) is 38.5 Å². The van der Waals surface area contributed by atoms with Gasteiger partial charge in [0, 0.05) is 30.2 Å². The van der Waals surface area contributed by atoms with Crippen LogP contribution < -0.4 is 5.73 Å². The number of ether oxygens (including phenoxy) is 1. The molecule has 0 radical (unpaired) electrons. The van der Waals surface area contributed by atoms with Gasteiger partial charge in [0.05, 0.1) is 12.7 Å². The molecule has 1 aromatic rings. The fourth-order valence-electron chi connectivity index (χ4n) is 2.51. The Balaban J connectivity index is 2.00. The zero-order valence-corrected chi connectivity index (χ0v) is 12.7. The number of hydrogen-bond acceptors (Lipinski definition) is 3. The summed E-state index contributed by atoms with van der Waals surface area (Å²) in [6.07, 6.45) is 0.368. The van der Waals surface area contributed by atoms with Gasteiger partial charge in [-0.15, -0.1) is 0 Å². The lowest BCUT2D eigenvalue weighted by Gasteiger charge is -2.38. The van der Waals surface area contributed by atoms with Crippen molar-refractivity contribution in [2.24, 2.45) is 5.73 Å². The third-order valence-electron chi connectivity index (χ3n) is 3.80. The Morgan fingerprint density at radius 1 is 1.50 bits per heavy atom. The summed E-state index contributed by atoms with van der Waals surface area (Å²) in [4.78, 5) is 2.34. The smallest absolute Gasteiger partial charge is 0.126 e. The Hall–Kier alpha value is -0.680. The van der Waals surface area contributed by atoms with Crippen LogP contribution in [0.15, 0.2) is 18.2 Å². The maximum atomic E-state index is 13.7. The van der Waals surface area contributed by atoms with Gasteiger partial charge in [0.15, 0.2) is 0 Å². The van der Waals surface area contributed by atoms with Crippen LogP contribution in [0.4, 0.5) is 4.39 Å². The number of halogens is 2. The molecule has 3 nitrogen and oxygen atoms in total. The van der Waals surface area contributed by atoms with Crippen molar-refractivity contribution >= 4 is 11.6 Å². The maximum absolute atomic E-state index is 13.7. The van der Waals surface area contributed by atoms with Crippen molar-refractivity contribution in [2.75, 3.05) is 19.7 Å². The van der Waals surface area contributed by atoms with Gasteiger partial charge in [-0.05, 0) is 44.0 Å². The number of nitrogens with zero attached hydrogens (tertiary/aromatic N) is 1. The molecule has 0 aromatic heterocycles. The van der Waals surface area contributed by atoms with Gasteiger partial charge in [0.25, 0.3) is 0 Å². The number of morpholine rings is 1. The maximum Gasteiger partial charge on any atom is 0.126 e. The third kappa shape index (κ3) is 3.92. The van der Waals surface area contributed by atoms with E-state index in [-0.39, 0.29) is 18.0 Å². The van der Waals surface area contributed by atoms with E-state index in [1.54, 1.807) is 12.1 Å². The van der Waals surface area contributed by atoms with E-state index in [1.165, 1.54) is 6.07 Å². The van der Waals surface area contributed by atoms with Gasteiger partial charge in [-0.25, -0.2) is 4.39 Å².